The fourth-order valence-corrected chi connectivity index (χ4v) is 2.53. The van der Waals surface area contributed by atoms with Gasteiger partial charge in [-0.05, 0) is 39.1 Å². The van der Waals surface area contributed by atoms with Crippen LogP contribution >= 0.6 is 11.8 Å². The molecule has 4 nitrogen and oxygen atoms in total. The maximum Gasteiger partial charge on any atom is 0.191 e. The van der Waals surface area contributed by atoms with Gasteiger partial charge in [0.2, 0.25) is 0 Å². The summed E-state index contributed by atoms with van der Waals surface area (Å²) < 4.78 is 0. The van der Waals surface area contributed by atoms with Gasteiger partial charge in [0.05, 0.1) is 0 Å². The van der Waals surface area contributed by atoms with Gasteiger partial charge in [-0.1, -0.05) is 30.3 Å². The van der Waals surface area contributed by atoms with E-state index in [1.54, 1.807) is 0 Å². The molecule has 0 amide bonds. The van der Waals surface area contributed by atoms with E-state index in [2.05, 4.69) is 78.0 Å². The Balaban J connectivity index is 2.36. The van der Waals surface area contributed by atoms with E-state index in [0.29, 0.717) is 6.04 Å². The van der Waals surface area contributed by atoms with Crippen molar-refractivity contribution in [2.45, 2.75) is 32.9 Å². The van der Waals surface area contributed by atoms with E-state index in [0.717, 1.165) is 44.3 Å². The summed E-state index contributed by atoms with van der Waals surface area (Å²) in [7, 11) is 2.18. The van der Waals surface area contributed by atoms with Crippen molar-refractivity contribution in [1.82, 2.24) is 15.5 Å². The van der Waals surface area contributed by atoms with E-state index in [1.807, 2.05) is 11.8 Å². The molecule has 0 heterocycles. The first-order valence-corrected chi connectivity index (χ1v) is 9.82. The molecule has 0 saturated heterocycles. The molecule has 23 heavy (non-hydrogen) atoms. The van der Waals surface area contributed by atoms with Crippen LogP contribution < -0.4 is 10.6 Å². The van der Waals surface area contributed by atoms with E-state index in [-0.39, 0.29) is 0 Å². The Labute approximate surface area is 146 Å². The Morgan fingerprint density at radius 3 is 2.65 bits per heavy atom. The number of guanidine groups is 1. The minimum Gasteiger partial charge on any atom is -0.357 e. The molecule has 130 valence electrons. The average Bonchev–Trinajstić information content (AvgIpc) is 2.55. The first-order valence-electron chi connectivity index (χ1n) is 8.42. The average molecular weight is 337 g/mol. The summed E-state index contributed by atoms with van der Waals surface area (Å²) in [5.74, 6) is 2.03. The lowest BCUT2D eigenvalue weighted by atomic mass is 10.1. The summed E-state index contributed by atoms with van der Waals surface area (Å²) >= 11 is 1.84. The minimum absolute atomic E-state index is 0.507. The molecule has 0 radical (unpaired) electrons. The van der Waals surface area contributed by atoms with E-state index < -0.39 is 0 Å². The maximum absolute atomic E-state index is 4.67. The molecule has 1 rings (SSSR count). The predicted molar refractivity (Wildman–Crippen MR) is 104 cm³/mol. The summed E-state index contributed by atoms with van der Waals surface area (Å²) in [5, 5.41) is 6.67. The smallest absolute Gasteiger partial charge is 0.191 e. The van der Waals surface area contributed by atoms with Crippen molar-refractivity contribution in [3.63, 3.8) is 0 Å². The normalized spacial score (nSPS) is 13.2. The predicted octanol–water partition coefficient (Wildman–Crippen LogP) is 2.82. The summed E-state index contributed by atoms with van der Waals surface area (Å²) in [6.45, 7) is 8.05. The molecule has 2 N–H and O–H groups in total. The molecule has 1 aromatic rings. The molecule has 0 fully saturated rings. The van der Waals surface area contributed by atoms with Crippen LogP contribution in [0.2, 0.25) is 0 Å². The van der Waals surface area contributed by atoms with E-state index in [4.69, 9.17) is 0 Å². The summed E-state index contributed by atoms with van der Waals surface area (Å²) in [6, 6.07) is 11.1. The van der Waals surface area contributed by atoms with Crippen LogP contribution in [0.1, 0.15) is 25.8 Å². The Morgan fingerprint density at radius 1 is 1.26 bits per heavy atom. The van der Waals surface area contributed by atoms with Crippen LogP contribution in [0.4, 0.5) is 0 Å². The van der Waals surface area contributed by atoms with Gasteiger partial charge >= 0.3 is 0 Å². The highest BCUT2D eigenvalue weighted by Gasteiger charge is 2.09. The third-order valence-corrected chi connectivity index (χ3v) is 4.40. The van der Waals surface area contributed by atoms with Gasteiger partial charge in [0.1, 0.15) is 0 Å². The topological polar surface area (TPSA) is 39.7 Å². The van der Waals surface area contributed by atoms with Crippen LogP contribution in [-0.4, -0.2) is 55.6 Å². The summed E-state index contributed by atoms with van der Waals surface area (Å²) in [4.78, 5) is 7.06. The number of hydrogen-bond acceptors (Lipinski definition) is 3. The van der Waals surface area contributed by atoms with Gasteiger partial charge in [-0.25, -0.2) is 0 Å². The number of nitrogens with zero attached hydrogens (tertiary/aromatic N) is 2. The van der Waals surface area contributed by atoms with Gasteiger partial charge in [0.25, 0.3) is 0 Å². The molecule has 0 aliphatic heterocycles. The largest absolute Gasteiger partial charge is 0.357 e. The number of nitrogens with one attached hydrogen (secondary N) is 2. The quantitative estimate of drug-likeness (QED) is 0.392. The van der Waals surface area contributed by atoms with Crippen molar-refractivity contribution in [2.24, 2.45) is 4.99 Å². The summed E-state index contributed by atoms with van der Waals surface area (Å²) in [6.07, 6.45) is 3.18. The van der Waals surface area contributed by atoms with Crippen molar-refractivity contribution in [1.29, 1.82) is 0 Å². The molecule has 0 aromatic heterocycles. The molecule has 1 unspecified atom stereocenters. The third-order valence-electron chi connectivity index (χ3n) is 3.79. The van der Waals surface area contributed by atoms with E-state index in [9.17, 15) is 0 Å². The van der Waals surface area contributed by atoms with Crippen LogP contribution in [0.3, 0.4) is 0 Å². The van der Waals surface area contributed by atoms with Gasteiger partial charge in [-0.2, -0.15) is 11.8 Å². The Kier molecular flexibility index (Phi) is 10.6. The summed E-state index contributed by atoms with van der Waals surface area (Å²) in [5.41, 5.74) is 1.36. The minimum atomic E-state index is 0.507. The molecule has 0 saturated carbocycles. The highest BCUT2D eigenvalue weighted by Crippen LogP contribution is 2.08. The zero-order chi connectivity index (χ0) is 16.9. The highest BCUT2D eigenvalue weighted by molar-refractivity contribution is 7.98. The van der Waals surface area contributed by atoms with Crippen LogP contribution in [0, 0.1) is 0 Å². The first kappa shape index (κ1) is 19.8. The number of thioether (sulfide) groups is 1. The molecule has 0 aliphatic carbocycles. The molecule has 0 aliphatic rings. The molecule has 0 spiro atoms. The van der Waals surface area contributed by atoms with Crippen LogP contribution in [-0.2, 0) is 6.54 Å². The fraction of sp³-hybridized carbons (Fsp3) is 0.611. The Morgan fingerprint density at radius 2 is 2.00 bits per heavy atom. The lowest BCUT2D eigenvalue weighted by Crippen LogP contribution is -2.38. The standard InChI is InChI=1S/C18H32N4S/c1-5-19-18(21-13-14-23-4)20-12-11-16(2)22(3)15-17-9-7-6-8-10-17/h6-10,16H,5,11-15H2,1-4H3,(H2,19,20,21). The Hall–Kier alpha value is -1.20. The van der Waals surface area contributed by atoms with Gasteiger partial charge in [-0.15, -0.1) is 0 Å². The lowest BCUT2D eigenvalue weighted by molar-refractivity contribution is 0.240. The number of hydrogen-bond donors (Lipinski definition) is 2. The number of benzene rings is 1. The van der Waals surface area contributed by atoms with Crippen molar-refractivity contribution in [3.05, 3.63) is 35.9 Å². The van der Waals surface area contributed by atoms with Crippen molar-refractivity contribution in [2.75, 3.05) is 38.7 Å². The van der Waals surface area contributed by atoms with Gasteiger partial charge < -0.3 is 10.6 Å². The van der Waals surface area contributed by atoms with E-state index in [1.165, 1.54) is 5.56 Å². The van der Waals surface area contributed by atoms with E-state index >= 15 is 0 Å². The molecule has 0 bridgehead atoms. The first-order chi connectivity index (χ1) is 11.2. The van der Waals surface area contributed by atoms with Crippen molar-refractivity contribution < 1.29 is 0 Å². The lowest BCUT2D eigenvalue weighted by Gasteiger charge is -2.24. The monoisotopic (exact) mass is 336 g/mol. The third kappa shape index (κ3) is 8.86. The van der Waals surface area contributed by atoms with Crippen molar-refractivity contribution in [3.8, 4) is 0 Å². The fourth-order valence-electron chi connectivity index (χ4n) is 2.22. The molecule has 1 aromatic carbocycles. The molecule has 1 atom stereocenters. The van der Waals surface area contributed by atoms with Gasteiger partial charge in [-0.3, -0.25) is 9.89 Å². The SMILES string of the molecule is CCNC(=NCCC(C)N(C)Cc1ccccc1)NCCSC. The highest BCUT2D eigenvalue weighted by atomic mass is 32.2. The van der Waals surface area contributed by atoms with Gasteiger partial charge in [0.15, 0.2) is 5.96 Å². The molecular formula is C18H32N4S. The van der Waals surface area contributed by atoms with Crippen LogP contribution in [0.15, 0.2) is 35.3 Å². The zero-order valence-corrected chi connectivity index (χ0v) is 15.8. The second-order valence-electron chi connectivity index (χ2n) is 5.72. The molecule has 5 heteroatoms. The van der Waals surface area contributed by atoms with Crippen molar-refractivity contribution >= 4 is 17.7 Å². The van der Waals surface area contributed by atoms with Crippen LogP contribution in [0.25, 0.3) is 0 Å². The number of rotatable bonds is 10. The second-order valence-corrected chi connectivity index (χ2v) is 6.70. The maximum atomic E-state index is 4.67. The van der Waals surface area contributed by atoms with Gasteiger partial charge in [0, 0.05) is 38.0 Å². The number of aliphatic imine (C=N–C) groups is 1. The van der Waals surface area contributed by atoms with Crippen LogP contribution in [0.5, 0.6) is 0 Å². The molecular weight excluding hydrogens is 304 g/mol. The second kappa shape index (κ2) is 12.3. The zero-order valence-electron chi connectivity index (χ0n) is 15.0. The Bertz CT molecular complexity index is 436.